The van der Waals surface area contributed by atoms with E-state index in [-0.39, 0.29) is 35.0 Å². The average Bonchev–Trinajstić information content (AvgIpc) is 2.54. The minimum absolute atomic E-state index is 0.0424. The lowest BCUT2D eigenvalue weighted by atomic mass is 10.0. The number of aryl methyl sites for hydroxylation is 1. The Balaban J connectivity index is 2.57. The fourth-order valence-electron chi connectivity index (χ4n) is 2.11. The van der Waals surface area contributed by atoms with Crippen LogP contribution in [0.2, 0.25) is 0 Å². The Hall–Kier alpha value is -2.79. The van der Waals surface area contributed by atoms with Gasteiger partial charge in [-0.2, -0.15) is 18.4 Å². The number of nitrogens with two attached hydrogens (primary N) is 1. The lowest BCUT2D eigenvalue weighted by Crippen LogP contribution is -2.11. The van der Waals surface area contributed by atoms with E-state index >= 15 is 0 Å². The predicted molar refractivity (Wildman–Crippen MR) is 81.1 cm³/mol. The summed E-state index contributed by atoms with van der Waals surface area (Å²) in [7, 11) is 0. The van der Waals surface area contributed by atoms with Gasteiger partial charge in [0.05, 0.1) is 23.6 Å². The van der Waals surface area contributed by atoms with Gasteiger partial charge in [0.25, 0.3) is 0 Å². The van der Waals surface area contributed by atoms with E-state index < -0.39 is 18.3 Å². The number of benzene rings is 1. The van der Waals surface area contributed by atoms with Crippen molar-refractivity contribution in [3.63, 3.8) is 0 Å². The van der Waals surface area contributed by atoms with Crippen LogP contribution in [0.5, 0.6) is 5.75 Å². The largest absolute Gasteiger partial charge is 0.491 e. The van der Waals surface area contributed by atoms with E-state index in [9.17, 15) is 13.2 Å². The molecule has 0 atom stereocenters. The lowest BCUT2D eigenvalue weighted by Gasteiger charge is -2.15. The molecule has 0 spiro atoms. The van der Waals surface area contributed by atoms with Gasteiger partial charge in [-0.25, -0.2) is 4.98 Å². The number of aliphatic hydroxyl groups excluding tert-OH is 1. The van der Waals surface area contributed by atoms with E-state index in [1.165, 1.54) is 12.1 Å². The van der Waals surface area contributed by atoms with Crippen molar-refractivity contribution in [2.45, 2.75) is 13.1 Å². The second kappa shape index (κ2) is 6.76. The van der Waals surface area contributed by atoms with Gasteiger partial charge in [-0.15, -0.1) is 0 Å². The van der Waals surface area contributed by atoms with Gasteiger partial charge in [0.2, 0.25) is 0 Å². The number of aliphatic hydroxyl groups is 1. The molecule has 0 aliphatic carbocycles. The van der Waals surface area contributed by atoms with Crippen LogP contribution >= 0.6 is 0 Å². The van der Waals surface area contributed by atoms with E-state index in [1.54, 1.807) is 6.92 Å². The number of nitrogen functional groups attached to an aromatic ring is 1. The normalized spacial score (nSPS) is 11.2. The van der Waals surface area contributed by atoms with Crippen LogP contribution in [0.4, 0.5) is 18.9 Å². The SMILES string of the molecule is Cc1cc(-c2ccc(OCCO)c(C(F)(F)F)c2)nc(C#N)c1N. The van der Waals surface area contributed by atoms with Gasteiger partial charge in [-0.05, 0) is 36.8 Å². The maximum absolute atomic E-state index is 13.2. The van der Waals surface area contributed by atoms with Crippen LogP contribution in [-0.4, -0.2) is 23.3 Å². The van der Waals surface area contributed by atoms with Crippen molar-refractivity contribution in [1.29, 1.82) is 5.26 Å². The number of anilines is 1. The van der Waals surface area contributed by atoms with E-state index in [0.717, 1.165) is 12.1 Å². The molecule has 0 aliphatic rings. The predicted octanol–water partition coefficient (Wildman–Crippen LogP) is 2.90. The van der Waals surface area contributed by atoms with Crippen LogP contribution < -0.4 is 10.5 Å². The Morgan fingerprint density at radius 1 is 1.33 bits per heavy atom. The first-order valence-corrected chi connectivity index (χ1v) is 6.90. The fourth-order valence-corrected chi connectivity index (χ4v) is 2.11. The maximum atomic E-state index is 13.2. The summed E-state index contributed by atoms with van der Waals surface area (Å²) < 4.78 is 44.6. The minimum Gasteiger partial charge on any atom is -0.491 e. The van der Waals surface area contributed by atoms with Crippen LogP contribution in [0.15, 0.2) is 24.3 Å². The minimum atomic E-state index is -4.64. The third-order valence-electron chi connectivity index (χ3n) is 3.30. The molecule has 1 heterocycles. The third kappa shape index (κ3) is 3.58. The Morgan fingerprint density at radius 3 is 2.62 bits per heavy atom. The molecule has 0 unspecified atom stereocenters. The van der Waals surface area contributed by atoms with Gasteiger partial charge >= 0.3 is 6.18 Å². The number of pyridine rings is 1. The van der Waals surface area contributed by atoms with E-state index in [0.29, 0.717) is 5.56 Å². The zero-order valence-corrected chi connectivity index (χ0v) is 12.7. The van der Waals surface area contributed by atoms with Gasteiger partial charge in [-0.1, -0.05) is 0 Å². The molecule has 126 valence electrons. The Morgan fingerprint density at radius 2 is 2.04 bits per heavy atom. The number of hydrogen-bond acceptors (Lipinski definition) is 5. The molecule has 0 aliphatic heterocycles. The molecule has 2 aromatic rings. The van der Waals surface area contributed by atoms with Gasteiger partial charge in [0.15, 0.2) is 5.69 Å². The standard InChI is InChI=1S/C16H14F3N3O2/c1-9-6-12(22-13(8-20)15(9)21)10-2-3-14(24-5-4-23)11(7-10)16(17,18)19/h2-3,6-7,23H,4-5,21H2,1H3. The highest BCUT2D eigenvalue weighted by Gasteiger charge is 2.35. The second-order valence-electron chi connectivity index (χ2n) is 4.98. The molecule has 1 aromatic heterocycles. The Bertz CT molecular complexity index is 798. The highest BCUT2D eigenvalue weighted by Crippen LogP contribution is 2.39. The van der Waals surface area contributed by atoms with Crippen LogP contribution in [0.3, 0.4) is 0 Å². The highest BCUT2D eigenvalue weighted by molar-refractivity contribution is 5.68. The Labute approximate surface area is 136 Å². The molecule has 0 bridgehead atoms. The van der Waals surface area contributed by atoms with Crippen LogP contribution in [-0.2, 0) is 6.18 Å². The van der Waals surface area contributed by atoms with Crippen molar-refractivity contribution in [2.24, 2.45) is 0 Å². The number of halogens is 3. The lowest BCUT2D eigenvalue weighted by molar-refractivity contribution is -0.139. The second-order valence-corrected chi connectivity index (χ2v) is 4.98. The summed E-state index contributed by atoms with van der Waals surface area (Å²) in [5.74, 6) is -0.382. The summed E-state index contributed by atoms with van der Waals surface area (Å²) in [5, 5.41) is 17.7. The molecule has 0 radical (unpaired) electrons. The van der Waals surface area contributed by atoms with Crippen LogP contribution in [0, 0.1) is 18.3 Å². The summed E-state index contributed by atoms with van der Waals surface area (Å²) in [4.78, 5) is 4.00. The fraction of sp³-hybridized carbons (Fsp3) is 0.250. The van der Waals surface area contributed by atoms with Gasteiger partial charge in [0, 0.05) is 5.56 Å². The summed E-state index contributed by atoms with van der Waals surface area (Å²) in [5.41, 5.74) is 5.81. The van der Waals surface area contributed by atoms with Gasteiger partial charge in [0.1, 0.15) is 18.4 Å². The van der Waals surface area contributed by atoms with Crippen molar-refractivity contribution in [2.75, 3.05) is 18.9 Å². The molecule has 2 rings (SSSR count). The van der Waals surface area contributed by atoms with E-state index in [1.807, 2.05) is 6.07 Å². The number of rotatable bonds is 4. The molecular formula is C16H14F3N3O2. The molecule has 0 amide bonds. The maximum Gasteiger partial charge on any atom is 0.419 e. The third-order valence-corrected chi connectivity index (χ3v) is 3.30. The number of alkyl halides is 3. The zero-order valence-electron chi connectivity index (χ0n) is 12.7. The summed E-state index contributed by atoms with van der Waals surface area (Å²) in [6.07, 6.45) is -4.64. The summed E-state index contributed by atoms with van der Waals surface area (Å²) in [6, 6.07) is 6.79. The first kappa shape index (κ1) is 17.6. The topological polar surface area (TPSA) is 92.2 Å². The number of hydrogen-bond donors (Lipinski definition) is 2. The molecule has 8 heteroatoms. The Kier molecular flexibility index (Phi) is 4.95. The molecule has 0 fully saturated rings. The smallest absolute Gasteiger partial charge is 0.419 e. The molecule has 3 N–H and O–H groups in total. The van der Waals surface area contributed by atoms with Crippen molar-refractivity contribution in [3.05, 3.63) is 41.1 Å². The summed E-state index contributed by atoms with van der Waals surface area (Å²) in [6.45, 7) is 0.994. The number of ether oxygens (including phenoxy) is 1. The first-order valence-electron chi connectivity index (χ1n) is 6.90. The van der Waals surface area contributed by atoms with Crippen molar-refractivity contribution < 1.29 is 23.0 Å². The molecule has 1 aromatic carbocycles. The molecule has 5 nitrogen and oxygen atoms in total. The molecular weight excluding hydrogens is 323 g/mol. The van der Waals surface area contributed by atoms with Crippen molar-refractivity contribution in [3.8, 4) is 23.1 Å². The zero-order chi connectivity index (χ0) is 17.9. The van der Waals surface area contributed by atoms with Crippen molar-refractivity contribution in [1.82, 2.24) is 4.98 Å². The molecule has 24 heavy (non-hydrogen) atoms. The van der Waals surface area contributed by atoms with E-state index in [2.05, 4.69) is 4.98 Å². The quantitative estimate of drug-likeness (QED) is 0.895. The van der Waals surface area contributed by atoms with Gasteiger partial charge in [-0.3, -0.25) is 0 Å². The van der Waals surface area contributed by atoms with Crippen LogP contribution in [0.25, 0.3) is 11.3 Å². The van der Waals surface area contributed by atoms with Gasteiger partial charge < -0.3 is 15.6 Å². The van der Waals surface area contributed by atoms with Crippen LogP contribution in [0.1, 0.15) is 16.8 Å². The molecule has 0 saturated carbocycles. The van der Waals surface area contributed by atoms with Crippen molar-refractivity contribution >= 4 is 5.69 Å². The number of nitrogens with zero attached hydrogens (tertiary/aromatic N) is 2. The van der Waals surface area contributed by atoms with E-state index in [4.69, 9.17) is 20.8 Å². The first-order chi connectivity index (χ1) is 11.3. The molecule has 0 saturated heterocycles. The summed E-state index contributed by atoms with van der Waals surface area (Å²) >= 11 is 0. The highest BCUT2D eigenvalue weighted by atomic mass is 19.4. The number of nitriles is 1. The number of aromatic nitrogens is 1. The monoisotopic (exact) mass is 337 g/mol. The average molecular weight is 337 g/mol.